The molecule has 0 aliphatic heterocycles. The lowest BCUT2D eigenvalue weighted by Gasteiger charge is -2.21. The predicted molar refractivity (Wildman–Crippen MR) is 280 cm³/mol. The molecule has 2 aromatic heterocycles. The van der Waals surface area contributed by atoms with Crippen LogP contribution in [-0.4, -0.2) is 19.5 Å². The molecule has 0 saturated carbocycles. The molecule has 2 heterocycles. The highest BCUT2D eigenvalue weighted by molar-refractivity contribution is 6.09. The SMILES string of the molecule is c1ccc(-c2ccc3c(c2)-c2ccccc2C3c2cc(-c3ccccc3)ccc2-c2ccc(-c3nc(-c4ccccc4)nc(-c4cccc(-n5c6ccccc6c6ccccc65)c4)n3)cc2)cc1. The van der Waals surface area contributed by atoms with Crippen molar-refractivity contribution in [3.05, 3.63) is 265 Å². The van der Waals surface area contributed by atoms with Crippen molar-refractivity contribution in [3.63, 3.8) is 0 Å². The zero-order valence-electron chi connectivity index (χ0n) is 37.0. The lowest BCUT2D eigenvalue weighted by atomic mass is 9.82. The van der Waals surface area contributed by atoms with Crippen LogP contribution in [0.25, 0.3) is 106 Å². The molecule has 12 aromatic rings. The minimum Gasteiger partial charge on any atom is -0.309 e. The van der Waals surface area contributed by atoms with Crippen LogP contribution in [0.4, 0.5) is 0 Å². The van der Waals surface area contributed by atoms with Gasteiger partial charge < -0.3 is 4.57 Å². The first-order chi connectivity index (χ1) is 33.7. The standard InChI is InChI=1S/C64H42N4/c1-4-17-42(18-5-1)47-36-38-56-57(40-47)52-25-10-11-28-55(52)61(56)58-41-48(43-19-6-2-7-20-43)35-37-51(58)44-31-33-46(34-32-44)63-65-62(45-21-8-3-9-22-45)66-64(67-63)49-23-16-24-50(39-49)68-59-29-14-12-26-53(59)54-27-13-15-30-60(54)68/h1-41,61H. The summed E-state index contributed by atoms with van der Waals surface area (Å²) in [6, 6.07) is 89.0. The molecule has 0 bridgehead atoms. The molecule has 10 aromatic carbocycles. The van der Waals surface area contributed by atoms with Crippen molar-refractivity contribution in [1.29, 1.82) is 0 Å². The highest BCUT2D eigenvalue weighted by Gasteiger charge is 2.32. The zero-order chi connectivity index (χ0) is 45.0. The second kappa shape index (κ2) is 16.5. The molecule has 1 aliphatic rings. The molecule has 1 unspecified atom stereocenters. The average Bonchev–Trinajstić information content (AvgIpc) is 3.94. The van der Waals surface area contributed by atoms with Crippen LogP contribution in [0.1, 0.15) is 22.6 Å². The van der Waals surface area contributed by atoms with Gasteiger partial charge in [0, 0.05) is 39.1 Å². The topological polar surface area (TPSA) is 43.6 Å². The second-order valence-electron chi connectivity index (χ2n) is 17.5. The fourth-order valence-corrected chi connectivity index (χ4v) is 10.4. The van der Waals surface area contributed by atoms with E-state index in [0.29, 0.717) is 17.5 Å². The van der Waals surface area contributed by atoms with E-state index in [0.717, 1.165) is 39.0 Å². The molecule has 1 aliphatic carbocycles. The van der Waals surface area contributed by atoms with Gasteiger partial charge in [0.2, 0.25) is 0 Å². The quantitative estimate of drug-likeness (QED) is 0.153. The fourth-order valence-electron chi connectivity index (χ4n) is 10.4. The highest BCUT2D eigenvalue weighted by Crippen LogP contribution is 2.51. The molecule has 4 nitrogen and oxygen atoms in total. The summed E-state index contributed by atoms with van der Waals surface area (Å²) >= 11 is 0. The van der Waals surface area contributed by atoms with Crippen LogP contribution in [-0.2, 0) is 0 Å². The number of para-hydroxylation sites is 2. The van der Waals surface area contributed by atoms with E-state index in [1.165, 1.54) is 66.4 Å². The molecular formula is C64H42N4. The molecule has 0 N–H and O–H groups in total. The lowest BCUT2D eigenvalue weighted by molar-refractivity contribution is 1.02. The first kappa shape index (κ1) is 39.4. The van der Waals surface area contributed by atoms with E-state index >= 15 is 0 Å². The van der Waals surface area contributed by atoms with Gasteiger partial charge in [-0.2, -0.15) is 0 Å². The number of nitrogens with zero attached hydrogens (tertiary/aromatic N) is 4. The minimum absolute atomic E-state index is 0.0437. The van der Waals surface area contributed by atoms with Crippen molar-refractivity contribution in [2.45, 2.75) is 5.92 Å². The summed E-state index contributed by atoms with van der Waals surface area (Å²) in [5.41, 5.74) is 19.8. The number of fused-ring (bicyclic) bond motifs is 6. The Kier molecular flexibility index (Phi) is 9.54. The van der Waals surface area contributed by atoms with Gasteiger partial charge in [-0.15, -0.1) is 0 Å². The number of hydrogen-bond donors (Lipinski definition) is 0. The molecule has 0 spiro atoms. The minimum atomic E-state index is 0.0437. The van der Waals surface area contributed by atoms with Gasteiger partial charge in [-0.1, -0.05) is 212 Å². The molecule has 68 heavy (non-hydrogen) atoms. The summed E-state index contributed by atoms with van der Waals surface area (Å²) in [5, 5.41) is 2.45. The van der Waals surface area contributed by atoms with Crippen LogP contribution in [0.3, 0.4) is 0 Å². The van der Waals surface area contributed by atoms with Gasteiger partial charge >= 0.3 is 0 Å². The van der Waals surface area contributed by atoms with Gasteiger partial charge in [0.05, 0.1) is 11.0 Å². The highest BCUT2D eigenvalue weighted by atomic mass is 15.0. The lowest BCUT2D eigenvalue weighted by Crippen LogP contribution is -2.03. The van der Waals surface area contributed by atoms with Crippen molar-refractivity contribution < 1.29 is 0 Å². The Labute approximate surface area is 395 Å². The third kappa shape index (κ3) is 6.81. The summed E-state index contributed by atoms with van der Waals surface area (Å²) in [6.45, 7) is 0. The third-order valence-electron chi connectivity index (χ3n) is 13.6. The molecule has 0 amide bonds. The number of benzene rings is 10. The monoisotopic (exact) mass is 866 g/mol. The maximum atomic E-state index is 5.22. The Bertz CT molecular complexity index is 3780. The molecule has 1 atom stereocenters. The van der Waals surface area contributed by atoms with E-state index in [9.17, 15) is 0 Å². The molecular weight excluding hydrogens is 825 g/mol. The number of rotatable bonds is 8. The van der Waals surface area contributed by atoms with Crippen molar-refractivity contribution in [2.24, 2.45) is 0 Å². The van der Waals surface area contributed by atoms with Crippen molar-refractivity contribution in [1.82, 2.24) is 19.5 Å². The van der Waals surface area contributed by atoms with Crippen molar-refractivity contribution in [2.75, 3.05) is 0 Å². The summed E-state index contributed by atoms with van der Waals surface area (Å²) in [5.74, 6) is 1.91. The van der Waals surface area contributed by atoms with Crippen LogP contribution < -0.4 is 0 Å². The van der Waals surface area contributed by atoms with Gasteiger partial charge in [-0.05, 0) is 97.6 Å². The third-order valence-corrected chi connectivity index (χ3v) is 13.6. The summed E-state index contributed by atoms with van der Waals surface area (Å²) in [6.07, 6.45) is 0. The van der Waals surface area contributed by atoms with Crippen LogP contribution in [0.15, 0.2) is 249 Å². The van der Waals surface area contributed by atoms with Gasteiger partial charge in [0.25, 0.3) is 0 Å². The first-order valence-electron chi connectivity index (χ1n) is 23.2. The van der Waals surface area contributed by atoms with Crippen LogP contribution in [0, 0.1) is 0 Å². The molecule has 4 heteroatoms. The Morgan fingerprint density at radius 3 is 1.40 bits per heavy atom. The van der Waals surface area contributed by atoms with Crippen molar-refractivity contribution in [3.8, 4) is 84.4 Å². The fraction of sp³-hybridized carbons (Fsp3) is 0.0156. The van der Waals surface area contributed by atoms with E-state index in [1.807, 2.05) is 18.2 Å². The maximum absolute atomic E-state index is 5.22. The van der Waals surface area contributed by atoms with Gasteiger partial charge in [-0.25, -0.2) is 15.0 Å². The Balaban J connectivity index is 0.927. The largest absolute Gasteiger partial charge is 0.309 e. The molecule has 0 saturated heterocycles. The summed E-state index contributed by atoms with van der Waals surface area (Å²) < 4.78 is 2.33. The molecule has 0 fully saturated rings. The number of hydrogen-bond acceptors (Lipinski definition) is 3. The summed E-state index contributed by atoms with van der Waals surface area (Å²) in [7, 11) is 0. The van der Waals surface area contributed by atoms with Gasteiger partial charge in [0.15, 0.2) is 17.5 Å². The van der Waals surface area contributed by atoms with Crippen LogP contribution in [0.5, 0.6) is 0 Å². The normalized spacial score (nSPS) is 12.9. The van der Waals surface area contributed by atoms with E-state index in [4.69, 9.17) is 15.0 Å². The second-order valence-corrected chi connectivity index (χ2v) is 17.5. The van der Waals surface area contributed by atoms with E-state index in [2.05, 4.69) is 235 Å². The molecule has 0 radical (unpaired) electrons. The van der Waals surface area contributed by atoms with E-state index < -0.39 is 0 Å². The Morgan fingerprint density at radius 2 is 0.735 bits per heavy atom. The zero-order valence-corrected chi connectivity index (χ0v) is 37.0. The van der Waals surface area contributed by atoms with Gasteiger partial charge in [0.1, 0.15) is 0 Å². The summed E-state index contributed by atoms with van der Waals surface area (Å²) in [4.78, 5) is 15.5. The van der Waals surface area contributed by atoms with E-state index in [-0.39, 0.29) is 5.92 Å². The van der Waals surface area contributed by atoms with Crippen LogP contribution in [0.2, 0.25) is 0 Å². The predicted octanol–water partition coefficient (Wildman–Crippen LogP) is 16.1. The Morgan fingerprint density at radius 1 is 0.265 bits per heavy atom. The van der Waals surface area contributed by atoms with Gasteiger partial charge in [-0.3, -0.25) is 0 Å². The molecule has 13 rings (SSSR count). The van der Waals surface area contributed by atoms with Crippen molar-refractivity contribution >= 4 is 21.8 Å². The van der Waals surface area contributed by atoms with Crippen LogP contribution >= 0.6 is 0 Å². The first-order valence-corrected chi connectivity index (χ1v) is 23.2. The molecule has 318 valence electrons. The van der Waals surface area contributed by atoms with E-state index in [1.54, 1.807) is 0 Å². The smallest absolute Gasteiger partial charge is 0.164 e. The average molecular weight is 867 g/mol. The number of aromatic nitrogens is 4. The maximum Gasteiger partial charge on any atom is 0.164 e. The Hall–Kier alpha value is -8.99.